The highest BCUT2D eigenvalue weighted by molar-refractivity contribution is 7.23. The lowest BCUT2D eigenvalue weighted by Crippen LogP contribution is -2.45. The summed E-state index contributed by atoms with van der Waals surface area (Å²) in [5.74, 6) is 5.37. The molecule has 0 radical (unpaired) electrons. The molecule has 39 nitrogen and oxygen atoms in total. The number of H-pyrrole nitrogens is 1. The third-order valence-corrected chi connectivity index (χ3v) is 30.2. The number of nitrogens with zero attached hydrogens (tertiary/aromatic N) is 29. The maximum atomic E-state index is 11.5. The van der Waals surface area contributed by atoms with E-state index in [2.05, 4.69) is 181 Å². The number of rotatable bonds is 17. The summed E-state index contributed by atoms with van der Waals surface area (Å²) in [6.07, 6.45) is 12.5. The molecule has 0 aliphatic carbocycles. The number of para-hydroxylation sites is 4. The Kier molecular flexibility index (Phi) is 24.1. The SMILES string of the molecule is CC(=O)Nc1nc2ccc(-c3nn(Cc4cc5ccccc5nc4N4CCOCC4)c4ncnc(N)c34)cc2s1.CN1CCN(c2nc3ccccc3cc2Cn2nc(-c3ccc4nc(N)sc4c3)c3c(N)ncnc32)CC1.Nc1nc2ccc(-c3nn(Cc4cc5ccccc5nc4N4CCCC4)c4ncnc(N)c34)cc2s1.Nc1ncnc2c1c(-c1ccc3cn[nH]c3c1)nn2Cc1cc2ccccc2nc1N1CCCC1. The number of amides is 1. The number of nitrogens with two attached hydrogens (primary N) is 6. The lowest BCUT2D eigenvalue weighted by molar-refractivity contribution is -0.114. The van der Waals surface area contributed by atoms with Crippen LogP contribution in [0.5, 0.6) is 0 Å². The lowest BCUT2D eigenvalue weighted by Gasteiger charge is -2.34. The highest BCUT2D eigenvalue weighted by Crippen LogP contribution is 2.43. The largest absolute Gasteiger partial charge is 0.383 e. The van der Waals surface area contributed by atoms with Gasteiger partial charge in [-0.1, -0.05) is 137 Å². The lowest BCUT2D eigenvalue weighted by atomic mass is 10.1. The van der Waals surface area contributed by atoms with Crippen molar-refractivity contribution in [3.63, 3.8) is 0 Å². The molecule has 0 atom stereocenters. The number of piperazine rings is 1. The van der Waals surface area contributed by atoms with E-state index in [9.17, 15) is 4.79 Å². The van der Waals surface area contributed by atoms with Crippen LogP contribution in [-0.4, -0.2) is 221 Å². The second kappa shape index (κ2) is 38.9. The van der Waals surface area contributed by atoms with E-state index in [1.54, 1.807) is 6.20 Å². The molecule has 20 heterocycles. The average Bonchev–Trinajstić information content (AvgIpc) is 1.62. The number of morpholine rings is 1. The van der Waals surface area contributed by atoms with Crippen LogP contribution in [0.4, 0.5) is 61.9 Å². The first-order valence-electron chi connectivity index (χ1n) is 49.1. The fourth-order valence-electron chi connectivity index (χ4n) is 20.4. The van der Waals surface area contributed by atoms with Crippen molar-refractivity contribution in [2.75, 3.05) is 145 Å². The van der Waals surface area contributed by atoms with Gasteiger partial charge in [-0.2, -0.15) is 25.5 Å². The van der Waals surface area contributed by atoms with Crippen LogP contribution in [-0.2, 0) is 35.7 Å². The standard InChI is InChI=1S/C28H25N9O2S.C27H26N10S.C26H23N9S.C26H23N9/c1-16(38)32-28-34-21-7-6-18(13-22(21)40-28)24-23-25(29)30-15-31-27(23)37(35-24)14-19-12-17-4-2-3-5-20(17)33-26(19)36-8-10-39-11-9-36;1-35-8-10-36(11-9-35)25-18(12-16-4-2-3-5-19(16)32-25)14-37-26-22(24(28)30-15-31-26)23(34-37)17-6-7-20-21(13-17)38-27(29)33-20;27-23-21-22(16-7-8-19-20(12-16)36-26(28)32-19)33-35(25(21)30-14-29-23)13-17-11-15-5-1-2-6-18(15)31-24(17)34-9-3-4-10-34;27-24-22-23(17-7-8-18-13-30-32-21(18)12-17)33-35(26(22)29-15-28-24)14-19-11-16-5-1-2-6-20(16)31-25(19)34-9-3-4-10-34/h2-7,12-13,15H,8-11,14H2,1H3,(H2,29,30,31)(H,32,34,38);2-7,12-13,15H,8-11,14H2,1H3,(H2,29,33)(H2,28,30,31);1-2,5-8,11-12,14H,3-4,9-10,13H2,(H2,28,32)(H2,27,29,30);1-2,5-8,11-13,15H,3-4,9-10,14H2,(H,30,32)(H2,27,28,29). The van der Waals surface area contributed by atoms with Crippen LogP contribution < -0.4 is 59.3 Å². The van der Waals surface area contributed by atoms with Gasteiger partial charge in [-0.05, 0) is 124 Å². The molecule has 24 aromatic rings. The number of anilines is 11. The third-order valence-electron chi connectivity index (χ3n) is 27.6. The highest BCUT2D eigenvalue weighted by atomic mass is 32.1. The van der Waals surface area contributed by atoms with Gasteiger partial charge in [0.1, 0.15) is 94.6 Å². The van der Waals surface area contributed by atoms with Crippen molar-refractivity contribution in [3.8, 4) is 45.0 Å². The van der Waals surface area contributed by atoms with Crippen molar-refractivity contribution in [1.29, 1.82) is 0 Å². The number of thiazole rings is 3. The number of aromatic amines is 1. The Balaban J connectivity index is 0.000000103. The Morgan fingerprint density at radius 3 is 1.05 bits per heavy atom. The molecule has 16 aromatic heterocycles. The van der Waals surface area contributed by atoms with Crippen molar-refractivity contribution in [1.82, 2.24) is 129 Å². The van der Waals surface area contributed by atoms with Gasteiger partial charge < -0.3 is 69.0 Å². The quantitative estimate of drug-likeness (QED) is 0.0420. The molecule has 1 amide bonds. The first-order valence-corrected chi connectivity index (χ1v) is 51.5. The molecule has 4 saturated heterocycles. The van der Waals surface area contributed by atoms with Crippen LogP contribution in [0.25, 0.3) is 174 Å². The topological polar surface area (TPSA) is 504 Å². The van der Waals surface area contributed by atoms with E-state index in [1.165, 1.54) is 91.9 Å². The zero-order valence-electron chi connectivity index (χ0n) is 81.0. The fraction of sp³-hybridized carbons (Fsp3) is 0.206. The summed E-state index contributed by atoms with van der Waals surface area (Å²) in [5, 5.41) is 40.0. The Labute approximate surface area is 860 Å². The van der Waals surface area contributed by atoms with E-state index < -0.39 is 0 Å². The molecule has 4 aliphatic rings. The number of hydrogen-bond donors (Lipinski definition) is 8. The van der Waals surface area contributed by atoms with E-state index >= 15 is 0 Å². The first-order chi connectivity index (χ1) is 72.9. The van der Waals surface area contributed by atoms with Gasteiger partial charge in [-0.3, -0.25) is 9.89 Å². The zero-order chi connectivity index (χ0) is 101. The van der Waals surface area contributed by atoms with Gasteiger partial charge in [-0.25, -0.2) is 93.5 Å². The predicted octanol–water partition coefficient (Wildman–Crippen LogP) is 16.3. The Bertz CT molecular complexity index is 9330. The van der Waals surface area contributed by atoms with Crippen LogP contribution in [0.1, 0.15) is 54.9 Å². The minimum atomic E-state index is -0.159. The van der Waals surface area contributed by atoms with E-state index in [0.717, 1.165) is 252 Å². The maximum Gasteiger partial charge on any atom is 0.223 e. The van der Waals surface area contributed by atoms with E-state index in [0.29, 0.717) is 112 Å². The number of likely N-dealkylation sites (N-methyl/N-ethyl adjacent to an activating group) is 1. The molecule has 0 spiro atoms. The summed E-state index contributed by atoms with van der Waals surface area (Å²) in [4.78, 5) is 92.2. The van der Waals surface area contributed by atoms with Gasteiger partial charge in [-0.15, -0.1) is 0 Å². The number of nitrogens with one attached hydrogen (secondary N) is 2. The maximum absolute atomic E-state index is 11.5. The smallest absolute Gasteiger partial charge is 0.223 e. The molecule has 740 valence electrons. The van der Waals surface area contributed by atoms with Crippen molar-refractivity contribution in [2.24, 2.45) is 0 Å². The Morgan fingerprint density at radius 2 is 0.678 bits per heavy atom. The molecule has 42 heteroatoms. The summed E-state index contributed by atoms with van der Waals surface area (Å²) < 4.78 is 16.1. The minimum Gasteiger partial charge on any atom is -0.383 e. The predicted molar refractivity (Wildman–Crippen MR) is 592 cm³/mol. The number of aromatic nitrogens is 25. The summed E-state index contributed by atoms with van der Waals surface area (Å²) in [6.45, 7) is 14.2. The average molecular weight is 2030 g/mol. The van der Waals surface area contributed by atoms with Gasteiger partial charge in [0, 0.05) is 144 Å². The number of carbonyl (C=O) groups excluding carboxylic acids is 1. The monoisotopic (exact) mass is 2030 g/mol. The number of fused-ring (bicyclic) bond motifs is 12. The normalized spacial score (nSPS) is 14.1. The Hall–Kier alpha value is -17.9. The van der Waals surface area contributed by atoms with E-state index in [1.807, 2.05) is 134 Å². The summed E-state index contributed by atoms with van der Waals surface area (Å²) in [6, 6.07) is 65.7. The van der Waals surface area contributed by atoms with Crippen molar-refractivity contribution < 1.29 is 9.53 Å². The van der Waals surface area contributed by atoms with E-state index in [-0.39, 0.29) is 5.91 Å². The van der Waals surface area contributed by atoms with Crippen molar-refractivity contribution in [2.45, 2.75) is 58.8 Å². The van der Waals surface area contributed by atoms with Crippen LogP contribution in [0.3, 0.4) is 0 Å². The van der Waals surface area contributed by atoms with Gasteiger partial charge in [0.15, 0.2) is 38.0 Å². The summed E-state index contributed by atoms with van der Waals surface area (Å²) in [5.41, 5.74) is 58.4. The minimum absolute atomic E-state index is 0.159. The second-order valence-corrected chi connectivity index (χ2v) is 40.5. The molecule has 4 aliphatic heterocycles. The van der Waals surface area contributed by atoms with Gasteiger partial charge in [0.25, 0.3) is 0 Å². The van der Waals surface area contributed by atoms with Gasteiger partial charge in [0.2, 0.25) is 5.91 Å². The number of ether oxygens (including phenoxy) is 1. The number of carbonyl (C=O) groups is 1. The van der Waals surface area contributed by atoms with Crippen LogP contribution in [0, 0.1) is 0 Å². The molecular formula is C107H97N37O2S3. The molecule has 149 heavy (non-hydrogen) atoms. The van der Waals surface area contributed by atoms with Crippen LogP contribution >= 0.6 is 34.0 Å². The summed E-state index contributed by atoms with van der Waals surface area (Å²) >= 11 is 4.31. The molecular weight excluding hydrogens is 1930 g/mol. The molecule has 0 saturated carbocycles. The van der Waals surface area contributed by atoms with Gasteiger partial charge in [0.05, 0.1) is 125 Å². The highest BCUT2D eigenvalue weighted by Gasteiger charge is 2.31. The number of hydrogen-bond acceptors (Lipinski definition) is 36. The van der Waals surface area contributed by atoms with Crippen molar-refractivity contribution >= 4 is 231 Å². The van der Waals surface area contributed by atoms with Crippen LogP contribution in [0.2, 0.25) is 0 Å². The number of benzene rings is 8. The van der Waals surface area contributed by atoms with Gasteiger partial charge >= 0.3 is 0 Å². The zero-order valence-corrected chi connectivity index (χ0v) is 83.4. The fourth-order valence-corrected chi connectivity index (χ4v) is 22.9. The molecule has 4 fully saturated rings. The molecule has 8 aromatic carbocycles. The second-order valence-electron chi connectivity index (χ2n) is 37.3. The third kappa shape index (κ3) is 18.0. The first kappa shape index (κ1) is 92.3. The molecule has 28 rings (SSSR count). The summed E-state index contributed by atoms with van der Waals surface area (Å²) in [7, 11) is 2.16. The van der Waals surface area contributed by atoms with Crippen molar-refractivity contribution in [3.05, 3.63) is 248 Å². The number of nitrogen functional groups attached to an aromatic ring is 6. The molecule has 0 bridgehead atoms. The Morgan fingerprint density at radius 1 is 0.349 bits per heavy atom. The molecule has 0 unspecified atom stereocenters. The van der Waals surface area contributed by atoms with E-state index in [4.69, 9.17) is 79.5 Å². The number of pyridine rings is 4. The molecule has 14 N–H and O–H groups in total. The van der Waals surface area contributed by atoms with Crippen LogP contribution in [0.15, 0.2) is 226 Å².